The number of guanidine groups is 1. The minimum Gasteiger partial charge on any atom is -0.475 e. The van der Waals surface area contributed by atoms with E-state index in [1.54, 1.807) is 0 Å². The molecule has 0 bridgehead atoms. The number of alkyl halides is 6. The second-order valence-electron chi connectivity index (χ2n) is 11.4. The van der Waals surface area contributed by atoms with Gasteiger partial charge in [0.2, 0.25) is 23.6 Å². The summed E-state index contributed by atoms with van der Waals surface area (Å²) in [6, 6.07) is 14.6. The highest BCUT2D eigenvalue weighted by Crippen LogP contribution is 2.14. The van der Waals surface area contributed by atoms with E-state index in [-0.39, 0.29) is 25.3 Å². The van der Waals surface area contributed by atoms with Crippen LogP contribution in [0.5, 0.6) is 0 Å². The van der Waals surface area contributed by atoms with Crippen LogP contribution in [0, 0.1) is 0 Å². The first kappa shape index (κ1) is 50.4. The summed E-state index contributed by atoms with van der Waals surface area (Å²) in [6.07, 6.45) is -6.95. The van der Waals surface area contributed by atoms with Crippen LogP contribution in [-0.2, 0) is 41.6 Å². The molecule has 0 heterocycles. The van der Waals surface area contributed by atoms with E-state index in [1.165, 1.54) is 11.8 Å². The Morgan fingerprint density at radius 2 is 1.07 bits per heavy atom. The first-order valence-corrected chi connectivity index (χ1v) is 17.6. The summed E-state index contributed by atoms with van der Waals surface area (Å²) < 4.78 is 63.5. The number of nitrogens with zero attached hydrogens (tertiary/aromatic N) is 1. The van der Waals surface area contributed by atoms with Crippen molar-refractivity contribution < 1.29 is 65.3 Å². The van der Waals surface area contributed by atoms with Crippen LogP contribution in [0.1, 0.15) is 30.4 Å². The fourth-order valence-corrected chi connectivity index (χ4v) is 4.60. The van der Waals surface area contributed by atoms with Gasteiger partial charge in [-0.15, -0.1) is 0 Å². The maximum Gasteiger partial charge on any atom is 0.490 e. The molecule has 0 aliphatic rings. The summed E-state index contributed by atoms with van der Waals surface area (Å²) in [6.45, 7) is 0.228. The van der Waals surface area contributed by atoms with Crippen LogP contribution in [-0.4, -0.2) is 107 Å². The number of carbonyl (C=O) groups excluding carboxylic acids is 4. The van der Waals surface area contributed by atoms with Gasteiger partial charge in [-0.1, -0.05) is 60.7 Å². The highest BCUT2D eigenvalue weighted by atomic mass is 32.2. The number of nitrogens with one attached hydrogen (secondary N) is 3. The van der Waals surface area contributed by atoms with Gasteiger partial charge in [-0.05, 0) is 48.8 Å². The molecule has 4 unspecified atom stereocenters. The normalized spacial score (nSPS) is 13.0. The molecule has 2 aromatic carbocycles. The number of benzene rings is 2. The van der Waals surface area contributed by atoms with E-state index in [2.05, 4.69) is 20.9 Å². The number of amides is 4. The van der Waals surface area contributed by atoms with E-state index in [0.717, 1.165) is 11.1 Å². The van der Waals surface area contributed by atoms with E-state index in [0.29, 0.717) is 25.0 Å². The Bertz CT molecular complexity index is 1560. The molecule has 16 nitrogen and oxygen atoms in total. The van der Waals surface area contributed by atoms with Gasteiger partial charge in [-0.25, -0.2) is 9.59 Å². The van der Waals surface area contributed by atoms with Gasteiger partial charge < -0.3 is 49.1 Å². The molecule has 56 heavy (non-hydrogen) atoms. The van der Waals surface area contributed by atoms with Crippen LogP contribution in [0.2, 0.25) is 0 Å². The Morgan fingerprint density at radius 1 is 0.679 bits per heavy atom. The molecule has 0 saturated heterocycles. The summed E-state index contributed by atoms with van der Waals surface area (Å²) >= 11 is 1.51. The lowest BCUT2D eigenvalue weighted by molar-refractivity contribution is -0.193. The number of halogens is 6. The lowest BCUT2D eigenvalue weighted by Crippen LogP contribution is -2.58. The molecule has 0 radical (unpaired) electrons. The van der Waals surface area contributed by atoms with Crippen molar-refractivity contribution in [2.45, 2.75) is 68.6 Å². The summed E-state index contributed by atoms with van der Waals surface area (Å²) in [7, 11) is 0. The predicted molar refractivity (Wildman–Crippen MR) is 194 cm³/mol. The molecule has 4 amide bonds. The zero-order chi connectivity index (χ0) is 43.1. The van der Waals surface area contributed by atoms with Crippen molar-refractivity contribution in [2.75, 3.05) is 18.6 Å². The van der Waals surface area contributed by atoms with Gasteiger partial charge in [0, 0.05) is 13.0 Å². The zero-order valence-electron chi connectivity index (χ0n) is 29.8. The molecule has 23 heteroatoms. The lowest BCUT2D eigenvalue weighted by atomic mass is 10.0. The van der Waals surface area contributed by atoms with Gasteiger partial charge in [0.1, 0.15) is 18.1 Å². The lowest BCUT2D eigenvalue weighted by Gasteiger charge is -2.25. The number of carboxylic acid groups (broad SMARTS) is 2. The summed E-state index contributed by atoms with van der Waals surface area (Å²) in [4.78, 5) is 73.6. The molecule has 2 rings (SSSR count). The number of nitrogens with two attached hydrogens (primary N) is 4. The fourth-order valence-electron chi connectivity index (χ4n) is 4.13. The van der Waals surface area contributed by atoms with Gasteiger partial charge in [0.15, 0.2) is 5.96 Å². The quantitative estimate of drug-likeness (QED) is 0.0437. The molecule has 0 saturated carbocycles. The third kappa shape index (κ3) is 22.6. The first-order chi connectivity index (χ1) is 26.0. The average Bonchev–Trinajstić information content (AvgIpc) is 3.11. The number of primary amides is 1. The number of carbonyl (C=O) groups is 6. The number of hydrogen-bond donors (Lipinski definition) is 9. The Hall–Kier alpha value is -5.58. The maximum absolute atomic E-state index is 13.4. The van der Waals surface area contributed by atoms with Crippen molar-refractivity contribution in [2.24, 2.45) is 27.9 Å². The van der Waals surface area contributed by atoms with Crippen molar-refractivity contribution >= 4 is 53.3 Å². The van der Waals surface area contributed by atoms with Crippen molar-refractivity contribution in [3.8, 4) is 0 Å². The standard InChI is InChI=1S/C29H42N8O4S.2C2HF3O2/c1-42-16-14-23(35-26(39)21(30)17-19-9-4-2-5-10-19)28(41)36-22(13-8-15-34-29(32)33)27(40)37-24(25(31)38)18-20-11-6-3-7-12-20;2*3-2(4,5)1(6)7/h2-7,9-12,21-24H,8,13-18,30H2,1H3,(H2,31,38)(H,35,39)(H,36,41)(H,37,40)(H4,32,33,34);2*(H,6,7). The molecule has 0 aliphatic carbocycles. The number of carboxylic acids is 2. The molecule has 4 atom stereocenters. The van der Waals surface area contributed by atoms with Gasteiger partial charge in [-0.2, -0.15) is 38.1 Å². The molecular formula is C33H44F6N8O8S. The summed E-state index contributed by atoms with van der Waals surface area (Å²) in [5.41, 5.74) is 24.2. The zero-order valence-corrected chi connectivity index (χ0v) is 30.6. The largest absolute Gasteiger partial charge is 0.490 e. The summed E-state index contributed by atoms with van der Waals surface area (Å²) in [5, 5.41) is 22.4. The van der Waals surface area contributed by atoms with Crippen LogP contribution in [0.3, 0.4) is 0 Å². The van der Waals surface area contributed by atoms with Gasteiger partial charge >= 0.3 is 24.3 Å². The Balaban J connectivity index is 0.00000182. The molecule has 0 aliphatic heterocycles. The number of thioether (sulfide) groups is 1. The van der Waals surface area contributed by atoms with Crippen LogP contribution in [0.4, 0.5) is 26.3 Å². The third-order valence-electron chi connectivity index (χ3n) is 6.88. The van der Waals surface area contributed by atoms with E-state index in [1.807, 2.05) is 66.9 Å². The van der Waals surface area contributed by atoms with E-state index in [4.69, 9.17) is 42.7 Å². The van der Waals surface area contributed by atoms with Crippen LogP contribution in [0.25, 0.3) is 0 Å². The van der Waals surface area contributed by atoms with Crippen LogP contribution < -0.4 is 38.9 Å². The molecule has 0 fully saturated rings. The van der Waals surface area contributed by atoms with Gasteiger partial charge in [0.05, 0.1) is 6.04 Å². The highest BCUT2D eigenvalue weighted by molar-refractivity contribution is 7.98. The third-order valence-corrected chi connectivity index (χ3v) is 7.53. The predicted octanol–water partition coefficient (Wildman–Crippen LogP) is 0.812. The number of aliphatic carboxylic acids is 2. The van der Waals surface area contributed by atoms with Crippen molar-refractivity contribution in [1.82, 2.24) is 16.0 Å². The second-order valence-corrected chi connectivity index (χ2v) is 12.4. The molecule has 2 aromatic rings. The molecule has 0 spiro atoms. The Morgan fingerprint density at radius 3 is 1.46 bits per heavy atom. The molecular weight excluding hydrogens is 782 g/mol. The maximum atomic E-state index is 13.4. The van der Waals surface area contributed by atoms with Crippen LogP contribution in [0.15, 0.2) is 65.7 Å². The SMILES string of the molecule is CSCCC(NC(=O)C(N)Cc1ccccc1)C(=O)NC(CCCN=C(N)N)C(=O)NC(Cc1ccccc1)C(N)=O.O=C(O)C(F)(F)F.O=C(O)C(F)(F)F. The summed E-state index contributed by atoms with van der Waals surface area (Å²) in [5.74, 6) is -7.37. The Kier molecular flexibility index (Phi) is 23.0. The van der Waals surface area contributed by atoms with E-state index >= 15 is 0 Å². The smallest absolute Gasteiger partial charge is 0.475 e. The van der Waals surface area contributed by atoms with Gasteiger partial charge in [-0.3, -0.25) is 24.2 Å². The molecule has 0 aromatic heterocycles. The minimum atomic E-state index is -5.08. The van der Waals surface area contributed by atoms with Gasteiger partial charge in [0.25, 0.3) is 0 Å². The van der Waals surface area contributed by atoms with Crippen LogP contribution >= 0.6 is 11.8 Å². The Labute approximate surface area is 321 Å². The first-order valence-electron chi connectivity index (χ1n) is 16.2. The molecule has 13 N–H and O–H groups in total. The fraction of sp³-hybridized carbons (Fsp3) is 0.424. The monoisotopic (exact) mass is 826 g/mol. The van der Waals surface area contributed by atoms with E-state index < -0.39 is 72.1 Å². The number of aliphatic imine (C=N–C) groups is 1. The topological polar surface area (TPSA) is 295 Å². The van der Waals surface area contributed by atoms with Crippen molar-refractivity contribution in [3.05, 3.63) is 71.8 Å². The van der Waals surface area contributed by atoms with Crippen molar-refractivity contribution in [1.29, 1.82) is 0 Å². The second kappa shape index (κ2) is 25.5. The average molecular weight is 827 g/mol. The highest BCUT2D eigenvalue weighted by Gasteiger charge is 2.39. The number of hydrogen-bond acceptors (Lipinski definition) is 9. The minimum absolute atomic E-state index is 0.0941. The van der Waals surface area contributed by atoms with Crippen molar-refractivity contribution in [3.63, 3.8) is 0 Å². The number of rotatable bonds is 18. The molecule has 312 valence electrons. The van der Waals surface area contributed by atoms with E-state index in [9.17, 15) is 45.5 Å².